The highest BCUT2D eigenvalue weighted by molar-refractivity contribution is 5.01. The molecule has 1 spiro atoms. The molecule has 2 saturated heterocycles. The highest BCUT2D eigenvalue weighted by Crippen LogP contribution is 2.53. The molecule has 0 aromatic rings. The Bertz CT molecular complexity index is 277. The van der Waals surface area contributed by atoms with Gasteiger partial charge in [-0.3, -0.25) is 4.90 Å². The van der Waals surface area contributed by atoms with Gasteiger partial charge in [-0.2, -0.15) is 0 Å². The van der Waals surface area contributed by atoms with Crippen LogP contribution in [0.15, 0.2) is 0 Å². The zero-order valence-corrected chi connectivity index (χ0v) is 11.5. The van der Waals surface area contributed by atoms with Crippen LogP contribution < -0.4 is 0 Å². The van der Waals surface area contributed by atoms with E-state index in [4.69, 9.17) is 4.74 Å². The summed E-state index contributed by atoms with van der Waals surface area (Å²) in [5.41, 5.74) is 0.922. The van der Waals surface area contributed by atoms with E-state index < -0.39 is 0 Å². The van der Waals surface area contributed by atoms with Gasteiger partial charge >= 0.3 is 0 Å². The van der Waals surface area contributed by atoms with E-state index in [1.807, 2.05) is 0 Å². The van der Waals surface area contributed by atoms with Gasteiger partial charge in [0.25, 0.3) is 0 Å². The van der Waals surface area contributed by atoms with E-state index in [-0.39, 0.29) is 5.60 Å². The molecule has 2 heterocycles. The van der Waals surface area contributed by atoms with Gasteiger partial charge in [0.15, 0.2) is 0 Å². The molecule has 3 fully saturated rings. The summed E-state index contributed by atoms with van der Waals surface area (Å²) in [6, 6.07) is 0. The maximum atomic E-state index is 6.11. The molecule has 1 saturated carbocycles. The second kappa shape index (κ2) is 4.24. The van der Waals surface area contributed by atoms with Gasteiger partial charge in [-0.05, 0) is 49.9 Å². The van der Waals surface area contributed by atoms with Crippen LogP contribution in [0.2, 0.25) is 0 Å². The minimum absolute atomic E-state index is 0.255. The molecule has 3 aliphatic rings. The minimum atomic E-state index is 0.255. The van der Waals surface area contributed by atoms with Crippen molar-refractivity contribution in [3.05, 3.63) is 0 Å². The molecule has 0 aromatic heterocycles. The first-order valence-electron chi connectivity index (χ1n) is 7.51. The van der Waals surface area contributed by atoms with Gasteiger partial charge in [-0.15, -0.1) is 0 Å². The fraction of sp³-hybridized carbons (Fsp3) is 1.00. The molecule has 0 radical (unpaired) electrons. The maximum Gasteiger partial charge on any atom is 0.0820 e. The third-order valence-corrected chi connectivity index (χ3v) is 5.49. The molecular formula is C15H27NO. The lowest BCUT2D eigenvalue weighted by atomic mass is 9.91. The summed E-state index contributed by atoms with van der Waals surface area (Å²) in [5, 5.41) is 0. The van der Waals surface area contributed by atoms with Gasteiger partial charge < -0.3 is 4.74 Å². The maximum absolute atomic E-state index is 6.11. The normalized spacial score (nSPS) is 36.9. The molecular weight excluding hydrogens is 210 g/mol. The summed E-state index contributed by atoms with van der Waals surface area (Å²) in [4.78, 5) is 2.69. The predicted molar refractivity (Wildman–Crippen MR) is 70.1 cm³/mol. The van der Waals surface area contributed by atoms with Crippen LogP contribution in [-0.4, -0.2) is 36.7 Å². The molecule has 1 unspecified atom stereocenters. The van der Waals surface area contributed by atoms with Gasteiger partial charge in [0.1, 0.15) is 0 Å². The second-order valence-corrected chi connectivity index (χ2v) is 6.97. The Morgan fingerprint density at radius 2 is 1.94 bits per heavy atom. The van der Waals surface area contributed by atoms with Crippen molar-refractivity contribution in [2.75, 3.05) is 26.2 Å². The zero-order valence-electron chi connectivity index (χ0n) is 11.5. The Morgan fingerprint density at radius 3 is 2.53 bits per heavy atom. The van der Waals surface area contributed by atoms with Gasteiger partial charge in [0, 0.05) is 26.2 Å². The Kier molecular flexibility index (Phi) is 2.99. The molecule has 1 aliphatic carbocycles. The smallest absolute Gasteiger partial charge is 0.0820 e. The first kappa shape index (κ1) is 12.0. The lowest BCUT2D eigenvalue weighted by Gasteiger charge is -2.34. The Hall–Kier alpha value is -0.0800. The van der Waals surface area contributed by atoms with Gasteiger partial charge in [0.05, 0.1) is 5.60 Å². The zero-order chi connectivity index (χ0) is 11.9. The molecule has 0 bridgehead atoms. The van der Waals surface area contributed by atoms with Crippen molar-refractivity contribution in [1.29, 1.82) is 0 Å². The largest absolute Gasteiger partial charge is 0.374 e. The van der Waals surface area contributed by atoms with Crippen LogP contribution in [-0.2, 0) is 4.74 Å². The van der Waals surface area contributed by atoms with Crippen LogP contribution in [0.1, 0.15) is 52.4 Å². The lowest BCUT2D eigenvalue weighted by molar-refractivity contribution is -0.0704. The molecule has 0 amide bonds. The number of likely N-dealkylation sites (tertiary alicyclic amines) is 1. The minimum Gasteiger partial charge on any atom is -0.374 e. The molecule has 2 heteroatoms. The molecule has 2 aliphatic heterocycles. The first-order valence-corrected chi connectivity index (χ1v) is 7.51. The van der Waals surface area contributed by atoms with Crippen LogP contribution in [0.25, 0.3) is 0 Å². The third-order valence-electron chi connectivity index (χ3n) is 5.49. The van der Waals surface area contributed by atoms with Crippen LogP contribution in [0.3, 0.4) is 0 Å². The summed E-state index contributed by atoms with van der Waals surface area (Å²) >= 11 is 0. The first-order chi connectivity index (χ1) is 8.14. The SMILES string of the molecule is CC(C)C1(CN2CCC3(CCCCO3)C2)CC1. The third kappa shape index (κ3) is 2.26. The van der Waals surface area contributed by atoms with E-state index in [0.717, 1.165) is 12.5 Å². The van der Waals surface area contributed by atoms with E-state index >= 15 is 0 Å². The van der Waals surface area contributed by atoms with Crippen LogP contribution >= 0.6 is 0 Å². The highest BCUT2D eigenvalue weighted by atomic mass is 16.5. The molecule has 0 N–H and O–H groups in total. The van der Waals surface area contributed by atoms with Gasteiger partial charge in [-0.25, -0.2) is 0 Å². The number of ether oxygens (including phenoxy) is 1. The number of rotatable bonds is 3. The Balaban J connectivity index is 1.57. The quantitative estimate of drug-likeness (QED) is 0.748. The average Bonchev–Trinajstić information content (AvgIpc) is 3.00. The number of hydrogen-bond acceptors (Lipinski definition) is 2. The summed E-state index contributed by atoms with van der Waals surface area (Å²) in [5.74, 6) is 0.853. The Morgan fingerprint density at radius 1 is 1.12 bits per heavy atom. The molecule has 0 aromatic carbocycles. The molecule has 3 rings (SSSR count). The number of nitrogens with zero attached hydrogens (tertiary/aromatic N) is 1. The standard InChI is InChI=1S/C15H27NO/c1-13(2)14(6-7-14)11-16-9-8-15(12-16)5-3-4-10-17-15/h13H,3-12H2,1-2H3. The fourth-order valence-corrected chi connectivity index (χ4v) is 3.82. The Labute approximate surface area is 106 Å². The van der Waals surface area contributed by atoms with Crippen LogP contribution in [0.4, 0.5) is 0 Å². The summed E-state index contributed by atoms with van der Waals surface area (Å²) < 4.78 is 6.11. The van der Waals surface area contributed by atoms with Crippen molar-refractivity contribution in [3.63, 3.8) is 0 Å². The van der Waals surface area contributed by atoms with Crippen LogP contribution in [0.5, 0.6) is 0 Å². The summed E-state index contributed by atoms with van der Waals surface area (Å²) in [6.07, 6.45) is 8.14. The van der Waals surface area contributed by atoms with Crippen molar-refractivity contribution >= 4 is 0 Å². The molecule has 2 nitrogen and oxygen atoms in total. The van der Waals surface area contributed by atoms with Gasteiger partial charge in [0.2, 0.25) is 0 Å². The van der Waals surface area contributed by atoms with E-state index in [9.17, 15) is 0 Å². The molecule has 1 atom stereocenters. The van der Waals surface area contributed by atoms with Crippen molar-refractivity contribution in [3.8, 4) is 0 Å². The van der Waals surface area contributed by atoms with Crippen molar-refractivity contribution < 1.29 is 4.74 Å². The molecule has 17 heavy (non-hydrogen) atoms. The average molecular weight is 237 g/mol. The predicted octanol–water partition coefficient (Wildman–Crippen LogP) is 3.07. The van der Waals surface area contributed by atoms with E-state index in [1.165, 1.54) is 58.2 Å². The highest BCUT2D eigenvalue weighted by Gasteiger charge is 2.49. The second-order valence-electron chi connectivity index (χ2n) is 6.97. The van der Waals surface area contributed by atoms with Crippen molar-refractivity contribution in [1.82, 2.24) is 4.90 Å². The van der Waals surface area contributed by atoms with Crippen LogP contribution in [0, 0.1) is 11.3 Å². The summed E-state index contributed by atoms with van der Waals surface area (Å²) in [7, 11) is 0. The topological polar surface area (TPSA) is 12.5 Å². The van der Waals surface area contributed by atoms with E-state index in [0.29, 0.717) is 5.41 Å². The summed E-state index contributed by atoms with van der Waals surface area (Å²) in [6.45, 7) is 9.61. The van der Waals surface area contributed by atoms with E-state index in [1.54, 1.807) is 0 Å². The van der Waals surface area contributed by atoms with Gasteiger partial charge in [-0.1, -0.05) is 13.8 Å². The monoisotopic (exact) mass is 237 g/mol. The van der Waals surface area contributed by atoms with E-state index in [2.05, 4.69) is 18.7 Å². The van der Waals surface area contributed by atoms with Crippen molar-refractivity contribution in [2.24, 2.45) is 11.3 Å². The number of hydrogen-bond donors (Lipinski definition) is 0. The lowest BCUT2D eigenvalue weighted by Crippen LogP contribution is -2.40. The molecule has 98 valence electrons. The van der Waals surface area contributed by atoms with Crippen molar-refractivity contribution in [2.45, 2.75) is 58.0 Å². The fourth-order valence-electron chi connectivity index (χ4n) is 3.82.